The number of rotatable bonds is 8. The molecule has 3 N–H and O–H groups in total. The van der Waals surface area contributed by atoms with Crippen molar-refractivity contribution < 1.29 is 19.4 Å². The highest BCUT2D eigenvalue weighted by Gasteiger charge is 2.43. The fourth-order valence-electron chi connectivity index (χ4n) is 4.52. The molecule has 8 nitrogen and oxygen atoms in total. The average molecular weight is 497 g/mol. The number of carbonyl (C=O) groups is 2. The standard InChI is InChI=1S/C26H32N4O4S/c1-17(2)14-26(33)11-12-30(15-23(26)34-20-7-5-4-6-8-20)16-24(32)29-25-28-21-10-9-19(27-18(3)31)13-22(21)35-25/h4-10,13,17,23,33H,11-12,14-16H2,1-3H3,(H,27,31)(H,28,29,32)/t23-,26+/m0/s1. The second kappa shape index (κ2) is 10.7. The van der Waals surface area contributed by atoms with Crippen LogP contribution in [0.4, 0.5) is 10.8 Å². The Morgan fingerprint density at radius 1 is 1.23 bits per heavy atom. The van der Waals surface area contributed by atoms with Crippen molar-refractivity contribution in [2.75, 3.05) is 30.3 Å². The molecule has 1 aliphatic rings. The van der Waals surface area contributed by atoms with E-state index in [9.17, 15) is 14.7 Å². The number of hydrogen-bond acceptors (Lipinski definition) is 7. The number of fused-ring (bicyclic) bond motifs is 1. The molecule has 0 saturated carbocycles. The molecule has 1 saturated heterocycles. The number of piperidine rings is 1. The molecule has 2 atom stereocenters. The molecule has 1 aromatic heterocycles. The number of thiazole rings is 1. The van der Waals surface area contributed by atoms with E-state index < -0.39 is 11.7 Å². The molecule has 1 fully saturated rings. The molecule has 0 aliphatic carbocycles. The van der Waals surface area contributed by atoms with Gasteiger partial charge in [-0.2, -0.15) is 0 Å². The van der Waals surface area contributed by atoms with E-state index in [1.807, 2.05) is 47.4 Å². The number of aliphatic hydroxyl groups is 1. The summed E-state index contributed by atoms with van der Waals surface area (Å²) in [6.45, 7) is 6.88. The van der Waals surface area contributed by atoms with Crippen LogP contribution < -0.4 is 15.4 Å². The zero-order valence-corrected chi connectivity index (χ0v) is 21.1. The summed E-state index contributed by atoms with van der Waals surface area (Å²) < 4.78 is 7.09. The number of carbonyl (C=O) groups excluding carboxylic acids is 2. The van der Waals surface area contributed by atoms with E-state index in [0.29, 0.717) is 48.4 Å². The van der Waals surface area contributed by atoms with E-state index in [-0.39, 0.29) is 18.4 Å². The van der Waals surface area contributed by atoms with E-state index >= 15 is 0 Å². The van der Waals surface area contributed by atoms with Gasteiger partial charge in [-0.25, -0.2) is 4.98 Å². The van der Waals surface area contributed by atoms with Crippen LogP contribution >= 0.6 is 11.3 Å². The summed E-state index contributed by atoms with van der Waals surface area (Å²) in [6.07, 6.45) is 0.725. The van der Waals surface area contributed by atoms with Crippen LogP contribution in [0.3, 0.4) is 0 Å². The number of amides is 2. The molecular weight excluding hydrogens is 464 g/mol. The third-order valence-corrected chi connectivity index (χ3v) is 6.92. The molecule has 2 amide bonds. The molecule has 2 aromatic carbocycles. The lowest BCUT2D eigenvalue weighted by atomic mass is 9.81. The lowest BCUT2D eigenvalue weighted by molar-refractivity contribution is -0.129. The van der Waals surface area contributed by atoms with Crippen molar-refractivity contribution in [1.29, 1.82) is 0 Å². The van der Waals surface area contributed by atoms with Gasteiger partial charge < -0.3 is 20.5 Å². The minimum absolute atomic E-state index is 0.140. The molecule has 3 aromatic rings. The Morgan fingerprint density at radius 2 is 2.00 bits per heavy atom. The molecule has 35 heavy (non-hydrogen) atoms. The SMILES string of the molecule is CC(=O)Nc1ccc2nc(NC(=O)CN3CC[C@@](O)(CC(C)C)[C@@H](Oc4ccccc4)C3)sc2c1. The summed E-state index contributed by atoms with van der Waals surface area (Å²) in [4.78, 5) is 30.6. The number of benzene rings is 2. The van der Waals surface area contributed by atoms with Gasteiger partial charge in [0.2, 0.25) is 11.8 Å². The Balaban J connectivity index is 1.41. The van der Waals surface area contributed by atoms with Crippen LogP contribution in [-0.4, -0.2) is 58.1 Å². The number of nitrogens with zero attached hydrogens (tertiary/aromatic N) is 2. The number of anilines is 2. The van der Waals surface area contributed by atoms with Gasteiger partial charge in [-0.3, -0.25) is 14.5 Å². The van der Waals surface area contributed by atoms with E-state index in [2.05, 4.69) is 29.5 Å². The fraction of sp³-hybridized carbons (Fsp3) is 0.423. The van der Waals surface area contributed by atoms with Crippen molar-refractivity contribution in [1.82, 2.24) is 9.88 Å². The first-order valence-electron chi connectivity index (χ1n) is 11.8. The minimum atomic E-state index is -0.949. The van der Waals surface area contributed by atoms with Crippen LogP contribution in [0, 0.1) is 5.92 Å². The van der Waals surface area contributed by atoms with Gasteiger partial charge >= 0.3 is 0 Å². The third kappa shape index (κ3) is 6.56. The molecule has 2 heterocycles. The Kier molecular flexibility index (Phi) is 7.69. The minimum Gasteiger partial charge on any atom is -0.486 e. The predicted octanol–water partition coefficient (Wildman–Crippen LogP) is 4.12. The van der Waals surface area contributed by atoms with Gasteiger partial charge in [0, 0.05) is 25.7 Å². The summed E-state index contributed by atoms with van der Waals surface area (Å²) in [6, 6.07) is 14.9. The molecule has 186 valence electrons. The van der Waals surface area contributed by atoms with Crippen molar-refractivity contribution in [3.8, 4) is 5.75 Å². The number of hydrogen-bond donors (Lipinski definition) is 3. The summed E-state index contributed by atoms with van der Waals surface area (Å²) in [5.41, 5.74) is 0.501. The lowest BCUT2D eigenvalue weighted by Crippen LogP contribution is -2.59. The van der Waals surface area contributed by atoms with E-state index in [4.69, 9.17) is 4.74 Å². The van der Waals surface area contributed by atoms with Gasteiger partial charge in [0.1, 0.15) is 17.5 Å². The summed E-state index contributed by atoms with van der Waals surface area (Å²) in [7, 11) is 0. The monoisotopic (exact) mass is 496 g/mol. The first-order chi connectivity index (χ1) is 16.7. The molecule has 1 aliphatic heterocycles. The normalized spacial score (nSPS) is 20.7. The van der Waals surface area contributed by atoms with Crippen molar-refractivity contribution in [2.24, 2.45) is 5.92 Å². The second-order valence-electron chi connectivity index (χ2n) is 9.54. The molecule has 4 rings (SSSR count). The Morgan fingerprint density at radius 3 is 2.71 bits per heavy atom. The predicted molar refractivity (Wildman–Crippen MR) is 139 cm³/mol. The van der Waals surface area contributed by atoms with E-state index in [1.54, 1.807) is 6.07 Å². The van der Waals surface area contributed by atoms with Gasteiger partial charge in [-0.15, -0.1) is 0 Å². The van der Waals surface area contributed by atoms with E-state index in [0.717, 1.165) is 10.2 Å². The summed E-state index contributed by atoms with van der Waals surface area (Å²) >= 11 is 1.36. The van der Waals surface area contributed by atoms with Crippen molar-refractivity contribution in [3.63, 3.8) is 0 Å². The highest BCUT2D eigenvalue weighted by Crippen LogP contribution is 2.33. The van der Waals surface area contributed by atoms with Crippen LogP contribution in [0.25, 0.3) is 10.2 Å². The van der Waals surface area contributed by atoms with Crippen molar-refractivity contribution in [3.05, 3.63) is 48.5 Å². The van der Waals surface area contributed by atoms with Gasteiger partial charge in [0.25, 0.3) is 0 Å². The number of likely N-dealkylation sites (tertiary alicyclic amines) is 1. The number of ether oxygens (including phenoxy) is 1. The maximum absolute atomic E-state index is 12.8. The number of aromatic nitrogens is 1. The molecule has 0 spiro atoms. The second-order valence-corrected chi connectivity index (χ2v) is 10.6. The summed E-state index contributed by atoms with van der Waals surface area (Å²) in [5, 5.41) is 17.6. The van der Waals surface area contributed by atoms with Crippen molar-refractivity contribution >= 4 is 44.2 Å². The first kappa shape index (κ1) is 25.1. The molecule has 0 unspecified atom stereocenters. The zero-order chi connectivity index (χ0) is 25.0. The average Bonchev–Trinajstić information content (AvgIpc) is 3.17. The first-order valence-corrected chi connectivity index (χ1v) is 12.7. The topological polar surface area (TPSA) is 104 Å². The van der Waals surface area contributed by atoms with Crippen LogP contribution in [0.5, 0.6) is 5.75 Å². The largest absolute Gasteiger partial charge is 0.486 e. The Hall–Kier alpha value is -3.01. The molecule has 9 heteroatoms. The van der Waals surface area contributed by atoms with Crippen LogP contribution in [0.1, 0.15) is 33.6 Å². The summed E-state index contributed by atoms with van der Waals surface area (Å²) in [5.74, 6) is 0.721. The Labute approximate surface area is 209 Å². The fourth-order valence-corrected chi connectivity index (χ4v) is 5.45. The van der Waals surface area contributed by atoms with Gasteiger partial charge in [-0.1, -0.05) is 43.4 Å². The maximum atomic E-state index is 12.8. The smallest absolute Gasteiger partial charge is 0.240 e. The highest BCUT2D eigenvalue weighted by molar-refractivity contribution is 7.22. The van der Waals surface area contributed by atoms with Crippen LogP contribution in [0.2, 0.25) is 0 Å². The quantitative estimate of drug-likeness (QED) is 0.433. The molecule has 0 radical (unpaired) electrons. The Bertz CT molecular complexity index is 1180. The van der Waals surface area contributed by atoms with E-state index in [1.165, 1.54) is 18.3 Å². The molecular formula is C26H32N4O4S. The number of nitrogens with one attached hydrogen (secondary N) is 2. The van der Waals surface area contributed by atoms with Crippen molar-refractivity contribution in [2.45, 2.75) is 45.3 Å². The van der Waals surface area contributed by atoms with Gasteiger partial charge in [0.05, 0.1) is 16.8 Å². The van der Waals surface area contributed by atoms with Gasteiger partial charge in [-0.05, 0) is 49.1 Å². The number of para-hydroxylation sites is 1. The molecule has 0 bridgehead atoms. The lowest BCUT2D eigenvalue weighted by Gasteiger charge is -2.44. The highest BCUT2D eigenvalue weighted by atomic mass is 32.1. The van der Waals surface area contributed by atoms with Crippen LogP contribution in [-0.2, 0) is 9.59 Å². The van der Waals surface area contributed by atoms with Crippen LogP contribution in [0.15, 0.2) is 48.5 Å². The maximum Gasteiger partial charge on any atom is 0.240 e. The third-order valence-electron chi connectivity index (χ3n) is 5.99. The zero-order valence-electron chi connectivity index (χ0n) is 20.3. The van der Waals surface area contributed by atoms with Gasteiger partial charge in [0.15, 0.2) is 5.13 Å².